The van der Waals surface area contributed by atoms with Crippen LogP contribution in [-0.4, -0.2) is 47.5 Å². The van der Waals surface area contributed by atoms with E-state index in [1.54, 1.807) is 0 Å². The SMILES string of the molecule is CCCCC(=O)C[S+]1CCC(=O)CC1.CCCCCCCCS(=O)(=O)[O-]. The van der Waals surface area contributed by atoms with E-state index >= 15 is 0 Å². The van der Waals surface area contributed by atoms with Crippen LogP contribution in [0.4, 0.5) is 0 Å². The van der Waals surface area contributed by atoms with Crippen LogP contribution >= 0.6 is 0 Å². The van der Waals surface area contributed by atoms with Crippen molar-refractivity contribution in [2.24, 2.45) is 0 Å². The Morgan fingerprint density at radius 2 is 1.50 bits per heavy atom. The highest BCUT2D eigenvalue weighted by Crippen LogP contribution is 2.12. The molecular formula is C19H36O5S2. The molecule has 1 aliphatic rings. The topological polar surface area (TPSA) is 91.3 Å². The summed E-state index contributed by atoms with van der Waals surface area (Å²) in [4.78, 5) is 22.5. The van der Waals surface area contributed by atoms with Gasteiger partial charge in [-0.1, -0.05) is 52.4 Å². The molecule has 0 spiro atoms. The molecule has 0 aliphatic carbocycles. The minimum atomic E-state index is -3.97. The number of carbonyl (C=O) groups excluding carboxylic acids is 2. The fourth-order valence-corrected chi connectivity index (χ4v) is 5.30. The van der Waals surface area contributed by atoms with E-state index in [-0.39, 0.29) is 16.6 Å². The lowest BCUT2D eigenvalue weighted by Crippen LogP contribution is -2.29. The van der Waals surface area contributed by atoms with E-state index in [1.807, 2.05) is 0 Å². The van der Waals surface area contributed by atoms with Gasteiger partial charge in [-0.15, -0.1) is 0 Å². The molecule has 0 aromatic heterocycles. The van der Waals surface area contributed by atoms with Gasteiger partial charge in [0.25, 0.3) is 0 Å². The maximum atomic E-state index is 11.5. The molecule has 0 radical (unpaired) electrons. The minimum absolute atomic E-state index is 0.195. The summed E-state index contributed by atoms with van der Waals surface area (Å²) in [5.74, 6) is 3.28. The zero-order chi connectivity index (χ0) is 19.8. The normalized spacial score (nSPS) is 15.4. The van der Waals surface area contributed by atoms with Gasteiger partial charge in [-0.25, -0.2) is 8.42 Å². The second kappa shape index (κ2) is 15.6. The van der Waals surface area contributed by atoms with Crippen LogP contribution in [0.5, 0.6) is 0 Å². The van der Waals surface area contributed by atoms with Gasteiger partial charge in [-0.2, -0.15) is 0 Å². The Hall–Kier alpha value is -0.400. The summed E-state index contributed by atoms with van der Waals surface area (Å²) in [5, 5.41) is 0. The number of hydrogen-bond donors (Lipinski definition) is 0. The summed E-state index contributed by atoms with van der Waals surface area (Å²) in [7, 11) is -3.74. The molecule has 0 aromatic carbocycles. The molecule has 0 N–H and O–H groups in total. The van der Waals surface area contributed by atoms with E-state index in [9.17, 15) is 22.6 Å². The smallest absolute Gasteiger partial charge is 0.181 e. The van der Waals surface area contributed by atoms with Gasteiger partial charge in [-0.05, 0) is 23.7 Å². The average Bonchev–Trinajstić information content (AvgIpc) is 2.58. The second-order valence-corrected chi connectivity index (χ2v) is 10.7. The van der Waals surface area contributed by atoms with Crippen molar-refractivity contribution < 1.29 is 22.6 Å². The first-order chi connectivity index (χ1) is 12.3. The summed E-state index contributed by atoms with van der Waals surface area (Å²) in [6.45, 7) is 4.23. The van der Waals surface area contributed by atoms with Gasteiger partial charge in [0.2, 0.25) is 0 Å². The monoisotopic (exact) mass is 408 g/mol. The Morgan fingerprint density at radius 1 is 0.962 bits per heavy atom. The summed E-state index contributed by atoms with van der Waals surface area (Å²) >= 11 is 0. The van der Waals surface area contributed by atoms with E-state index in [4.69, 9.17) is 0 Å². The Morgan fingerprint density at radius 3 is 2.04 bits per heavy atom. The average molecular weight is 409 g/mol. The molecule has 5 nitrogen and oxygen atoms in total. The first-order valence-corrected chi connectivity index (χ1v) is 13.2. The Kier molecular flexibility index (Phi) is 15.4. The van der Waals surface area contributed by atoms with Crippen molar-refractivity contribution in [1.82, 2.24) is 0 Å². The summed E-state index contributed by atoms with van der Waals surface area (Å²) in [6.07, 6.45) is 10.2. The lowest BCUT2D eigenvalue weighted by molar-refractivity contribution is -0.119. The quantitative estimate of drug-likeness (QED) is 0.279. The van der Waals surface area contributed by atoms with Crippen molar-refractivity contribution in [2.75, 3.05) is 23.0 Å². The largest absolute Gasteiger partial charge is 0.748 e. The standard InChI is InChI=1S/C11H19O2S.C8H18O3S/c1-2-3-4-11(13)9-14-7-5-10(12)6-8-14;1-2-3-4-5-6-7-8-12(9,10)11/h2-9H2,1H3;2-8H2,1H3,(H,9,10,11)/q+1;/p-1. The summed E-state index contributed by atoms with van der Waals surface area (Å²) in [5.41, 5.74) is 0. The zero-order valence-corrected chi connectivity index (χ0v) is 18.1. The molecule has 1 saturated heterocycles. The highest BCUT2D eigenvalue weighted by Gasteiger charge is 2.28. The molecular weight excluding hydrogens is 372 g/mol. The summed E-state index contributed by atoms with van der Waals surface area (Å²) < 4.78 is 30.5. The molecule has 0 bridgehead atoms. The maximum absolute atomic E-state index is 11.5. The summed E-state index contributed by atoms with van der Waals surface area (Å²) in [6, 6.07) is 0. The molecule has 26 heavy (non-hydrogen) atoms. The molecule has 1 aliphatic heterocycles. The van der Waals surface area contributed by atoms with Gasteiger partial charge >= 0.3 is 0 Å². The van der Waals surface area contributed by atoms with Crippen LogP contribution in [0.25, 0.3) is 0 Å². The highest BCUT2D eigenvalue weighted by atomic mass is 32.2. The molecule has 0 unspecified atom stereocenters. The van der Waals surface area contributed by atoms with Gasteiger partial charge in [0.1, 0.15) is 17.3 Å². The third kappa shape index (κ3) is 17.0. The van der Waals surface area contributed by atoms with E-state index < -0.39 is 10.1 Å². The Balaban J connectivity index is 0.000000488. The van der Waals surface area contributed by atoms with Crippen molar-refractivity contribution in [3.63, 3.8) is 0 Å². The van der Waals surface area contributed by atoms with Crippen molar-refractivity contribution >= 4 is 32.6 Å². The Labute approximate surface area is 162 Å². The number of Topliss-reactive ketones (excluding diaryl/α,β-unsaturated/α-hetero) is 2. The number of ketones is 2. The molecule has 0 aromatic rings. The molecule has 1 heterocycles. The fraction of sp³-hybridized carbons (Fsp3) is 0.895. The Bertz CT molecular complexity index is 478. The van der Waals surface area contributed by atoms with E-state index in [2.05, 4.69) is 13.8 Å². The third-order valence-corrected chi connectivity index (χ3v) is 7.34. The van der Waals surface area contributed by atoms with Crippen LogP contribution in [0.2, 0.25) is 0 Å². The second-order valence-electron chi connectivity index (χ2n) is 6.88. The number of carbonyl (C=O) groups is 2. The van der Waals surface area contributed by atoms with Crippen LogP contribution in [-0.2, 0) is 30.6 Å². The predicted octanol–water partition coefficient (Wildman–Crippen LogP) is 3.62. The van der Waals surface area contributed by atoms with E-state index in [1.165, 1.54) is 12.8 Å². The molecule has 154 valence electrons. The molecule has 7 heteroatoms. The fourth-order valence-electron chi connectivity index (χ4n) is 2.62. The van der Waals surface area contributed by atoms with Crippen molar-refractivity contribution in [1.29, 1.82) is 0 Å². The van der Waals surface area contributed by atoms with Gasteiger partial charge in [-0.3, -0.25) is 9.59 Å². The van der Waals surface area contributed by atoms with Gasteiger partial charge < -0.3 is 4.55 Å². The van der Waals surface area contributed by atoms with Gasteiger partial charge in [0, 0.05) is 12.2 Å². The molecule has 1 fully saturated rings. The third-order valence-electron chi connectivity index (χ3n) is 4.26. The minimum Gasteiger partial charge on any atom is -0.748 e. The van der Waals surface area contributed by atoms with Crippen molar-refractivity contribution in [3.05, 3.63) is 0 Å². The first-order valence-electron chi connectivity index (χ1n) is 9.89. The first kappa shape index (κ1) is 25.6. The molecule has 0 amide bonds. The van der Waals surface area contributed by atoms with Crippen molar-refractivity contribution in [2.45, 2.75) is 84.5 Å². The number of rotatable bonds is 12. The van der Waals surface area contributed by atoms with Crippen LogP contribution < -0.4 is 0 Å². The molecule has 0 saturated carbocycles. The van der Waals surface area contributed by atoms with Crippen LogP contribution in [0, 0.1) is 0 Å². The van der Waals surface area contributed by atoms with Crippen molar-refractivity contribution in [3.8, 4) is 0 Å². The van der Waals surface area contributed by atoms with Crippen LogP contribution in [0.15, 0.2) is 0 Å². The maximum Gasteiger partial charge on any atom is 0.181 e. The lowest BCUT2D eigenvalue weighted by Gasteiger charge is -2.12. The lowest BCUT2D eigenvalue weighted by atomic mass is 10.1. The molecule has 1 rings (SSSR count). The zero-order valence-electron chi connectivity index (χ0n) is 16.5. The van der Waals surface area contributed by atoms with Gasteiger partial charge in [0.05, 0.1) is 23.0 Å². The van der Waals surface area contributed by atoms with Crippen LogP contribution in [0.1, 0.15) is 84.5 Å². The van der Waals surface area contributed by atoms with Gasteiger partial charge in [0.15, 0.2) is 11.5 Å². The number of hydrogen-bond acceptors (Lipinski definition) is 5. The molecule has 0 atom stereocenters. The van der Waals surface area contributed by atoms with E-state index in [0.717, 1.165) is 55.8 Å². The van der Waals surface area contributed by atoms with Crippen LogP contribution in [0.3, 0.4) is 0 Å². The predicted molar refractivity (Wildman–Crippen MR) is 109 cm³/mol. The van der Waals surface area contributed by atoms with E-state index in [0.29, 0.717) is 30.8 Å². The highest BCUT2D eigenvalue weighted by molar-refractivity contribution is 7.97. The number of unbranched alkanes of at least 4 members (excludes halogenated alkanes) is 6.